The van der Waals surface area contributed by atoms with E-state index in [-0.39, 0.29) is 11.3 Å². The third-order valence-corrected chi connectivity index (χ3v) is 2.49. The minimum absolute atomic E-state index is 0.0898. The van der Waals surface area contributed by atoms with Gasteiger partial charge in [0.25, 0.3) is 0 Å². The minimum atomic E-state index is -4.14. The van der Waals surface area contributed by atoms with Crippen molar-refractivity contribution in [3.05, 3.63) is 11.6 Å². The second kappa shape index (κ2) is 2.51. The van der Waals surface area contributed by atoms with Crippen molar-refractivity contribution in [3.8, 4) is 0 Å². The average Bonchev–Trinajstić information content (AvgIpc) is 2.36. The summed E-state index contributed by atoms with van der Waals surface area (Å²) in [5.41, 5.74) is -0.370. The van der Waals surface area contributed by atoms with Gasteiger partial charge in [-0.1, -0.05) is 19.9 Å². The van der Waals surface area contributed by atoms with Gasteiger partial charge in [0.2, 0.25) is 0 Å². The first-order chi connectivity index (χ1) is 5.23. The highest BCUT2D eigenvalue weighted by Gasteiger charge is 2.45. The van der Waals surface area contributed by atoms with E-state index in [1.54, 1.807) is 0 Å². The Bertz CT molecular complexity index is 210. The van der Waals surface area contributed by atoms with Gasteiger partial charge >= 0.3 is 6.18 Å². The molecule has 1 aliphatic rings. The van der Waals surface area contributed by atoms with Crippen LogP contribution in [0, 0.1) is 11.3 Å². The highest BCUT2D eigenvalue weighted by Crippen LogP contribution is 2.53. The zero-order valence-electron chi connectivity index (χ0n) is 7.50. The Hall–Kier alpha value is -0.470. The summed E-state index contributed by atoms with van der Waals surface area (Å²) in [4.78, 5) is 0. The summed E-state index contributed by atoms with van der Waals surface area (Å²) in [6.45, 7) is 5.10. The Balaban J connectivity index is 2.60. The Morgan fingerprint density at radius 1 is 1.42 bits per heavy atom. The normalized spacial score (nSPS) is 28.8. The Labute approximate surface area is 70.5 Å². The van der Waals surface area contributed by atoms with Crippen LogP contribution in [-0.2, 0) is 0 Å². The smallest absolute Gasteiger partial charge is 0.167 e. The van der Waals surface area contributed by atoms with Gasteiger partial charge in [0.15, 0.2) is 0 Å². The predicted molar refractivity (Wildman–Crippen MR) is 41.7 cm³/mol. The van der Waals surface area contributed by atoms with E-state index in [1.807, 2.05) is 13.8 Å². The molecule has 70 valence electrons. The lowest BCUT2D eigenvalue weighted by Crippen LogP contribution is -2.09. The van der Waals surface area contributed by atoms with Crippen molar-refractivity contribution in [2.45, 2.75) is 33.4 Å². The lowest BCUT2D eigenvalue weighted by Gasteiger charge is -2.06. The van der Waals surface area contributed by atoms with Crippen LogP contribution in [0.4, 0.5) is 13.2 Å². The molecule has 0 nitrogen and oxygen atoms in total. The summed E-state index contributed by atoms with van der Waals surface area (Å²) in [5, 5.41) is 0. The third-order valence-electron chi connectivity index (χ3n) is 2.49. The van der Waals surface area contributed by atoms with Crippen LogP contribution in [-0.4, -0.2) is 6.18 Å². The molecule has 1 atom stereocenters. The quantitative estimate of drug-likeness (QED) is 0.539. The fraction of sp³-hybridized carbons (Fsp3) is 0.778. The molecule has 0 saturated heterocycles. The monoisotopic (exact) mass is 178 g/mol. The van der Waals surface area contributed by atoms with Crippen LogP contribution in [0.3, 0.4) is 0 Å². The fourth-order valence-corrected chi connectivity index (χ4v) is 1.19. The summed E-state index contributed by atoms with van der Waals surface area (Å²) >= 11 is 0. The topological polar surface area (TPSA) is 0 Å². The molecule has 0 N–H and O–H groups in total. The van der Waals surface area contributed by atoms with Gasteiger partial charge < -0.3 is 0 Å². The van der Waals surface area contributed by atoms with Crippen LogP contribution in [0.1, 0.15) is 27.2 Å². The van der Waals surface area contributed by atoms with Crippen molar-refractivity contribution >= 4 is 0 Å². The number of rotatable bonds is 1. The van der Waals surface area contributed by atoms with Gasteiger partial charge in [0, 0.05) is 5.57 Å². The first-order valence-corrected chi connectivity index (χ1v) is 3.99. The Morgan fingerprint density at radius 3 is 2.08 bits per heavy atom. The lowest BCUT2D eigenvalue weighted by atomic mass is 10.1. The van der Waals surface area contributed by atoms with E-state index in [4.69, 9.17) is 0 Å². The molecule has 1 aliphatic carbocycles. The van der Waals surface area contributed by atoms with E-state index in [0.717, 1.165) is 13.3 Å². The van der Waals surface area contributed by atoms with Crippen LogP contribution in [0.2, 0.25) is 0 Å². The zero-order chi connectivity index (χ0) is 9.57. The Morgan fingerprint density at radius 2 is 1.83 bits per heavy atom. The second-order valence-corrected chi connectivity index (χ2v) is 4.15. The van der Waals surface area contributed by atoms with Gasteiger partial charge in [0.1, 0.15) is 0 Å². The van der Waals surface area contributed by atoms with Crippen LogP contribution in [0.25, 0.3) is 0 Å². The molecule has 0 bridgehead atoms. The maximum atomic E-state index is 12.0. The van der Waals surface area contributed by atoms with Crippen molar-refractivity contribution < 1.29 is 13.2 Å². The lowest BCUT2D eigenvalue weighted by molar-refractivity contribution is -0.0916. The molecule has 12 heavy (non-hydrogen) atoms. The summed E-state index contributed by atoms with van der Waals surface area (Å²) in [5.74, 6) is 0.124. The van der Waals surface area contributed by atoms with E-state index >= 15 is 0 Å². The van der Waals surface area contributed by atoms with Crippen molar-refractivity contribution in [1.29, 1.82) is 0 Å². The van der Waals surface area contributed by atoms with Gasteiger partial charge in [0.05, 0.1) is 0 Å². The fourth-order valence-electron chi connectivity index (χ4n) is 1.19. The van der Waals surface area contributed by atoms with Gasteiger partial charge in [-0.25, -0.2) is 0 Å². The van der Waals surface area contributed by atoms with Gasteiger partial charge in [-0.05, 0) is 24.7 Å². The molecule has 0 spiro atoms. The third kappa shape index (κ3) is 2.02. The van der Waals surface area contributed by atoms with Crippen LogP contribution in [0.15, 0.2) is 11.6 Å². The SMILES string of the molecule is CC(=CC1CC1(C)C)C(F)(F)F. The van der Waals surface area contributed by atoms with E-state index in [2.05, 4.69) is 0 Å². The first-order valence-electron chi connectivity index (χ1n) is 3.99. The molecule has 0 aromatic rings. The van der Waals surface area contributed by atoms with Crippen LogP contribution < -0.4 is 0 Å². The number of hydrogen-bond acceptors (Lipinski definition) is 0. The average molecular weight is 178 g/mol. The maximum Gasteiger partial charge on any atom is 0.412 e. The summed E-state index contributed by atoms with van der Waals surface area (Å²) in [6.07, 6.45) is -1.92. The number of alkyl halides is 3. The molecule has 0 aromatic carbocycles. The molecule has 0 aromatic heterocycles. The van der Waals surface area contributed by atoms with Gasteiger partial charge in [-0.3, -0.25) is 0 Å². The Kier molecular flexibility index (Phi) is 2.01. The molecule has 0 radical (unpaired) electrons. The van der Waals surface area contributed by atoms with Crippen LogP contribution in [0.5, 0.6) is 0 Å². The standard InChI is InChI=1S/C9H13F3/c1-6(9(10,11)12)4-7-5-8(7,2)3/h4,7H,5H2,1-3H3. The molecule has 1 fully saturated rings. The molecule has 1 saturated carbocycles. The van der Waals surface area contributed by atoms with Crippen LogP contribution >= 0.6 is 0 Å². The molecule has 0 aliphatic heterocycles. The largest absolute Gasteiger partial charge is 0.412 e. The van der Waals surface area contributed by atoms with Gasteiger partial charge in [-0.15, -0.1) is 0 Å². The van der Waals surface area contributed by atoms with Crippen molar-refractivity contribution in [1.82, 2.24) is 0 Å². The van der Waals surface area contributed by atoms with Crippen molar-refractivity contribution in [2.24, 2.45) is 11.3 Å². The maximum absolute atomic E-state index is 12.0. The number of allylic oxidation sites excluding steroid dienone is 2. The van der Waals surface area contributed by atoms with Gasteiger partial charge in [-0.2, -0.15) is 13.2 Å². The zero-order valence-corrected chi connectivity index (χ0v) is 7.50. The number of halogens is 3. The van der Waals surface area contributed by atoms with E-state index in [1.165, 1.54) is 6.08 Å². The minimum Gasteiger partial charge on any atom is -0.167 e. The predicted octanol–water partition coefficient (Wildman–Crippen LogP) is 3.54. The van der Waals surface area contributed by atoms with E-state index < -0.39 is 11.7 Å². The molecule has 1 rings (SSSR count). The van der Waals surface area contributed by atoms with Crippen molar-refractivity contribution in [2.75, 3.05) is 0 Å². The molecular formula is C9H13F3. The molecule has 3 heteroatoms. The highest BCUT2D eigenvalue weighted by atomic mass is 19.4. The second-order valence-electron chi connectivity index (χ2n) is 4.15. The molecule has 1 unspecified atom stereocenters. The van der Waals surface area contributed by atoms with Crippen molar-refractivity contribution in [3.63, 3.8) is 0 Å². The van der Waals surface area contributed by atoms with E-state index in [9.17, 15) is 13.2 Å². The summed E-state index contributed by atoms with van der Waals surface area (Å²) < 4.78 is 36.1. The summed E-state index contributed by atoms with van der Waals surface area (Å²) in [6, 6.07) is 0. The highest BCUT2D eigenvalue weighted by molar-refractivity contribution is 5.15. The number of hydrogen-bond donors (Lipinski definition) is 0. The molecular weight excluding hydrogens is 165 g/mol. The summed E-state index contributed by atoms with van der Waals surface area (Å²) in [7, 11) is 0. The molecule has 0 heterocycles. The first kappa shape index (κ1) is 9.62. The molecule has 0 amide bonds. The van der Waals surface area contributed by atoms with E-state index in [0.29, 0.717) is 0 Å².